The molecule has 96 valence electrons. The quantitative estimate of drug-likeness (QED) is 0.775. The lowest BCUT2D eigenvalue weighted by molar-refractivity contribution is 0.372. The zero-order chi connectivity index (χ0) is 13.2. The number of para-hydroxylation sites is 1. The second kappa shape index (κ2) is 4.78. The highest BCUT2D eigenvalue weighted by atomic mass is 16.5. The van der Waals surface area contributed by atoms with Gasteiger partial charge in [0.25, 0.3) is 0 Å². The molecule has 0 bridgehead atoms. The third-order valence-electron chi connectivity index (χ3n) is 2.79. The van der Waals surface area contributed by atoms with Crippen molar-refractivity contribution < 1.29 is 4.52 Å². The summed E-state index contributed by atoms with van der Waals surface area (Å²) in [6.07, 6.45) is 0.570. The average molecular weight is 254 g/mol. The summed E-state index contributed by atoms with van der Waals surface area (Å²) in [5.41, 5.74) is 7.33. The number of pyridine rings is 1. The maximum atomic E-state index is 5.70. The van der Waals surface area contributed by atoms with Crippen molar-refractivity contribution in [2.45, 2.75) is 19.4 Å². The molecule has 0 radical (unpaired) electrons. The van der Waals surface area contributed by atoms with E-state index in [9.17, 15) is 0 Å². The van der Waals surface area contributed by atoms with Crippen LogP contribution in [-0.4, -0.2) is 21.2 Å². The van der Waals surface area contributed by atoms with Crippen molar-refractivity contribution in [2.75, 3.05) is 0 Å². The molecular weight excluding hydrogens is 240 g/mol. The van der Waals surface area contributed by atoms with Crippen LogP contribution in [0.2, 0.25) is 0 Å². The fourth-order valence-corrected chi connectivity index (χ4v) is 1.91. The molecule has 19 heavy (non-hydrogen) atoms. The van der Waals surface area contributed by atoms with Gasteiger partial charge in [-0.05, 0) is 19.1 Å². The van der Waals surface area contributed by atoms with Crippen LogP contribution in [-0.2, 0) is 6.42 Å². The van der Waals surface area contributed by atoms with E-state index in [2.05, 4.69) is 15.1 Å². The molecule has 0 amide bonds. The molecular formula is C14H14N4O. The molecule has 0 aliphatic carbocycles. The Morgan fingerprint density at radius 1 is 1.16 bits per heavy atom. The van der Waals surface area contributed by atoms with Crippen LogP contribution in [0.25, 0.3) is 22.4 Å². The van der Waals surface area contributed by atoms with Gasteiger partial charge in [-0.1, -0.05) is 29.4 Å². The lowest BCUT2D eigenvalue weighted by Crippen LogP contribution is -2.17. The zero-order valence-electron chi connectivity index (χ0n) is 10.6. The molecule has 3 aromatic rings. The first-order valence-electron chi connectivity index (χ1n) is 6.17. The molecule has 0 fully saturated rings. The summed E-state index contributed by atoms with van der Waals surface area (Å²) in [6.45, 7) is 1.90. The Morgan fingerprint density at radius 2 is 2.00 bits per heavy atom. The molecule has 2 aromatic heterocycles. The summed E-state index contributed by atoms with van der Waals surface area (Å²) in [5.74, 6) is 1.04. The topological polar surface area (TPSA) is 77.8 Å². The van der Waals surface area contributed by atoms with Gasteiger partial charge in [0, 0.05) is 17.8 Å². The van der Waals surface area contributed by atoms with Crippen LogP contribution in [0.15, 0.2) is 40.9 Å². The van der Waals surface area contributed by atoms with E-state index in [-0.39, 0.29) is 6.04 Å². The van der Waals surface area contributed by atoms with Crippen molar-refractivity contribution in [3.8, 4) is 11.5 Å². The first-order chi connectivity index (χ1) is 9.22. The first-order valence-corrected chi connectivity index (χ1v) is 6.17. The molecule has 5 heteroatoms. The number of nitrogens with zero attached hydrogens (tertiary/aromatic N) is 3. The van der Waals surface area contributed by atoms with Crippen LogP contribution in [0.5, 0.6) is 0 Å². The van der Waals surface area contributed by atoms with E-state index in [1.165, 1.54) is 0 Å². The smallest absolute Gasteiger partial charge is 0.228 e. The fraction of sp³-hybridized carbons (Fsp3) is 0.214. The summed E-state index contributed by atoms with van der Waals surface area (Å²) < 4.78 is 5.16. The lowest BCUT2D eigenvalue weighted by Gasteiger charge is -1.98. The van der Waals surface area contributed by atoms with Gasteiger partial charge in [0.2, 0.25) is 11.7 Å². The van der Waals surface area contributed by atoms with Crippen molar-refractivity contribution >= 4 is 10.9 Å². The molecule has 3 rings (SSSR count). The minimum absolute atomic E-state index is 0.00198. The molecule has 0 aliphatic heterocycles. The van der Waals surface area contributed by atoms with Crippen molar-refractivity contribution in [1.29, 1.82) is 0 Å². The van der Waals surface area contributed by atoms with Crippen molar-refractivity contribution in [1.82, 2.24) is 15.1 Å². The monoisotopic (exact) mass is 254 g/mol. The van der Waals surface area contributed by atoms with E-state index in [0.29, 0.717) is 23.8 Å². The summed E-state index contributed by atoms with van der Waals surface area (Å²) in [6, 6.07) is 11.8. The van der Waals surface area contributed by atoms with Crippen molar-refractivity contribution in [3.63, 3.8) is 0 Å². The Balaban J connectivity index is 1.97. The standard InChI is InChI=1S/C14H14N4O/c1-9(15)8-13-17-14(18-19-13)12-7-6-10-4-2-3-5-11(10)16-12/h2-7,9H,8,15H2,1H3. The second-order valence-electron chi connectivity index (χ2n) is 4.58. The summed E-state index contributed by atoms with van der Waals surface area (Å²) in [4.78, 5) is 8.83. The average Bonchev–Trinajstić information content (AvgIpc) is 2.86. The maximum Gasteiger partial charge on any atom is 0.228 e. The van der Waals surface area contributed by atoms with Crippen LogP contribution in [0.4, 0.5) is 0 Å². The van der Waals surface area contributed by atoms with Crippen LogP contribution >= 0.6 is 0 Å². The molecule has 2 heterocycles. The Morgan fingerprint density at radius 3 is 2.84 bits per heavy atom. The Labute approximate surface area is 110 Å². The maximum absolute atomic E-state index is 5.70. The van der Waals surface area contributed by atoms with Gasteiger partial charge in [-0.25, -0.2) is 4.98 Å². The molecule has 1 aromatic carbocycles. The van der Waals surface area contributed by atoms with Crippen molar-refractivity contribution in [3.05, 3.63) is 42.3 Å². The van der Waals surface area contributed by atoms with E-state index >= 15 is 0 Å². The molecule has 0 spiro atoms. The van der Waals surface area contributed by atoms with E-state index < -0.39 is 0 Å². The molecule has 0 saturated heterocycles. The highest BCUT2D eigenvalue weighted by Gasteiger charge is 2.11. The number of rotatable bonds is 3. The number of fused-ring (bicyclic) bond motifs is 1. The zero-order valence-corrected chi connectivity index (χ0v) is 10.6. The summed E-state index contributed by atoms with van der Waals surface area (Å²) in [7, 11) is 0. The highest BCUT2D eigenvalue weighted by Crippen LogP contribution is 2.18. The predicted molar refractivity (Wildman–Crippen MR) is 72.4 cm³/mol. The van der Waals surface area contributed by atoms with Gasteiger partial charge < -0.3 is 10.3 Å². The third-order valence-corrected chi connectivity index (χ3v) is 2.79. The summed E-state index contributed by atoms with van der Waals surface area (Å²) in [5, 5.41) is 5.03. The van der Waals surface area contributed by atoms with E-state index in [1.807, 2.05) is 43.3 Å². The van der Waals surface area contributed by atoms with Crippen molar-refractivity contribution in [2.24, 2.45) is 5.73 Å². The molecule has 5 nitrogen and oxygen atoms in total. The van der Waals surface area contributed by atoms with Gasteiger partial charge in [-0.15, -0.1) is 0 Å². The summed E-state index contributed by atoms with van der Waals surface area (Å²) >= 11 is 0. The Hall–Kier alpha value is -2.27. The molecule has 0 saturated carbocycles. The van der Waals surface area contributed by atoms with Gasteiger partial charge in [0.05, 0.1) is 5.52 Å². The number of hydrogen-bond donors (Lipinski definition) is 1. The lowest BCUT2D eigenvalue weighted by atomic mass is 10.2. The second-order valence-corrected chi connectivity index (χ2v) is 4.58. The van der Waals surface area contributed by atoms with Crippen LogP contribution in [0.1, 0.15) is 12.8 Å². The van der Waals surface area contributed by atoms with Gasteiger partial charge in [-0.3, -0.25) is 0 Å². The van der Waals surface area contributed by atoms with Crippen LogP contribution in [0.3, 0.4) is 0 Å². The number of aromatic nitrogens is 3. The van der Waals surface area contributed by atoms with Crippen LogP contribution in [0, 0.1) is 0 Å². The minimum atomic E-state index is -0.00198. The minimum Gasteiger partial charge on any atom is -0.339 e. The normalized spacial score (nSPS) is 12.7. The number of hydrogen-bond acceptors (Lipinski definition) is 5. The molecule has 1 atom stereocenters. The van der Waals surface area contributed by atoms with E-state index in [4.69, 9.17) is 10.3 Å². The van der Waals surface area contributed by atoms with Gasteiger partial charge in [0.15, 0.2) is 0 Å². The van der Waals surface area contributed by atoms with Gasteiger partial charge in [0.1, 0.15) is 5.69 Å². The largest absolute Gasteiger partial charge is 0.339 e. The van der Waals surface area contributed by atoms with Gasteiger partial charge in [-0.2, -0.15) is 4.98 Å². The predicted octanol–water partition coefficient (Wildman–Crippen LogP) is 2.17. The first kappa shape index (κ1) is 11.8. The number of nitrogens with two attached hydrogens (primary N) is 1. The molecule has 1 unspecified atom stereocenters. The van der Waals surface area contributed by atoms with E-state index in [0.717, 1.165) is 10.9 Å². The van der Waals surface area contributed by atoms with Gasteiger partial charge >= 0.3 is 0 Å². The number of benzene rings is 1. The third kappa shape index (κ3) is 2.46. The Bertz CT molecular complexity index is 705. The Kier molecular flexibility index (Phi) is 2.97. The highest BCUT2D eigenvalue weighted by molar-refractivity contribution is 5.80. The molecule has 0 aliphatic rings. The molecule has 2 N–H and O–H groups in total. The van der Waals surface area contributed by atoms with E-state index in [1.54, 1.807) is 0 Å². The SMILES string of the molecule is CC(N)Cc1nc(-c2ccc3ccccc3n2)no1. The fourth-order valence-electron chi connectivity index (χ4n) is 1.91. The van der Waals surface area contributed by atoms with Crippen LogP contribution < -0.4 is 5.73 Å².